The molecule has 0 radical (unpaired) electrons. The van der Waals surface area contributed by atoms with Gasteiger partial charge in [0.2, 0.25) is 0 Å². The molecule has 1 fully saturated rings. The molecule has 2 N–H and O–H groups in total. The monoisotopic (exact) mass is 286 g/mol. The molecule has 3 rings (SSSR count). The summed E-state index contributed by atoms with van der Waals surface area (Å²) in [6.45, 7) is 3.83. The number of benzene rings is 1. The third kappa shape index (κ3) is 3.89. The summed E-state index contributed by atoms with van der Waals surface area (Å²) >= 11 is 0. The van der Waals surface area contributed by atoms with Gasteiger partial charge in [-0.2, -0.15) is 0 Å². The van der Waals surface area contributed by atoms with E-state index in [2.05, 4.69) is 20.6 Å². The van der Waals surface area contributed by atoms with Crippen LogP contribution in [0.2, 0.25) is 0 Å². The zero-order valence-electron chi connectivity index (χ0n) is 12.2. The Kier molecular flexibility index (Phi) is 4.97. The highest BCUT2D eigenvalue weighted by atomic mass is 16.5. The van der Waals surface area contributed by atoms with E-state index >= 15 is 0 Å². The van der Waals surface area contributed by atoms with E-state index in [0.717, 1.165) is 62.2 Å². The number of hydrogen-bond acceptors (Lipinski definition) is 5. The third-order valence-corrected chi connectivity index (χ3v) is 3.80. The van der Waals surface area contributed by atoms with Gasteiger partial charge >= 0.3 is 0 Å². The first kappa shape index (κ1) is 14.2. The fourth-order valence-electron chi connectivity index (χ4n) is 2.64. The van der Waals surface area contributed by atoms with Crippen LogP contribution >= 0.6 is 0 Å². The number of piperidine rings is 1. The molecule has 0 amide bonds. The van der Waals surface area contributed by atoms with Gasteiger partial charge in [0.1, 0.15) is 12.1 Å². The minimum atomic E-state index is 0.436. The number of para-hydroxylation sites is 1. The number of nitrogens with zero attached hydrogens (tertiary/aromatic N) is 2. The Labute approximate surface area is 125 Å². The minimum absolute atomic E-state index is 0.436. The third-order valence-electron chi connectivity index (χ3n) is 3.80. The first-order valence-electron chi connectivity index (χ1n) is 7.69. The summed E-state index contributed by atoms with van der Waals surface area (Å²) in [6, 6.07) is 8.05. The lowest BCUT2D eigenvalue weighted by Crippen LogP contribution is -2.32. The number of nitrogens with one attached hydrogen (secondary N) is 2. The highest BCUT2D eigenvalue weighted by molar-refractivity contribution is 5.88. The summed E-state index contributed by atoms with van der Waals surface area (Å²) in [7, 11) is 0. The maximum Gasteiger partial charge on any atom is 0.137 e. The van der Waals surface area contributed by atoms with Gasteiger partial charge in [-0.3, -0.25) is 0 Å². The predicted molar refractivity (Wildman–Crippen MR) is 84.5 cm³/mol. The van der Waals surface area contributed by atoms with Crippen molar-refractivity contribution in [2.45, 2.75) is 25.4 Å². The van der Waals surface area contributed by atoms with E-state index in [9.17, 15) is 0 Å². The van der Waals surface area contributed by atoms with Crippen molar-refractivity contribution >= 4 is 16.7 Å². The zero-order valence-corrected chi connectivity index (χ0v) is 12.2. The van der Waals surface area contributed by atoms with Gasteiger partial charge in [-0.25, -0.2) is 9.97 Å². The summed E-state index contributed by atoms with van der Waals surface area (Å²) in [5.74, 6) is 0.905. The number of aromatic nitrogens is 2. The topological polar surface area (TPSA) is 59.1 Å². The van der Waals surface area contributed by atoms with Crippen molar-refractivity contribution in [3.63, 3.8) is 0 Å². The fourth-order valence-corrected chi connectivity index (χ4v) is 2.64. The van der Waals surface area contributed by atoms with Crippen molar-refractivity contribution in [1.82, 2.24) is 15.3 Å². The molecule has 1 aliphatic heterocycles. The normalized spacial score (nSPS) is 16.2. The average Bonchev–Trinajstić information content (AvgIpc) is 2.56. The second-order valence-corrected chi connectivity index (χ2v) is 5.34. The number of hydrogen-bond donors (Lipinski definition) is 2. The molecule has 2 aromatic rings. The molecular formula is C16H22N4O. The Morgan fingerprint density at radius 1 is 1.19 bits per heavy atom. The molecule has 1 aliphatic rings. The summed E-state index contributed by atoms with van der Waals surface area (Å²) in [4.78, 5) is 8.59. The van der Waals surface area contributed by atoms with Gasteiger partial charge in [0.25, 0.3) is 0 Å². The van der Waals surface area contributed by atoms with Crippen LogP contribution in [-0.4, -0.2) is 42.3 Å². The number of fused-ring (bicyclic) bond motifs is 1. The molecule has 2 heterocycles. The van der Waals surface area contributed by atoms with Crippen LogP contribution < -0.4 is 10.6 Å². The maximum atomic E-state index is 5.90. The molecular weight excluding hydrogens is 264 g/mol. The lowest BCUT2D eigenvalue weighted by atomic mass is 10.1. The highest BCUT2D eigenvalue weighted by Gasteiger charge is 2.12. The molecule has 1 aromatic heterocycles. The smallest absolute Gasteiger partial charge is 0.137 e. The molecule has 1 aromatic carbocycles. The molecule has 0 aliphatic carbocycles. The SMILES string of the molecule is c1ccc2c(NCCCOC3CCNCC3)ncnc2c1. The first-order valence-corrected chi connectivity index (χ1v) is 7.69. The Morgan fingerprint density at radius 3 is 2.95 bits per heavy atom. The van der Waals surface area contributed by atoms with Crippen molar-refractivity contribution in [3.8, 4) is 0 Å². The van der Waals surface area contributed by atoms with Crippen molar-refractivity contribution < 1.29 is 4.74 Å². The predicted octanol–water partition coefficient (Wildman–Crippen LogP) is 2.20. The van der Waals surface area contributed by atoms with Gasteiger partial charge in [0.15, 0.2) is 0 Å². The van der Waals surface area contributed by atoms with Crippen LogP contribution in [0.15, 0.2) is 30.6 Å². The second-order valence-electron chi connectivity index (χ2n) is 5.34. The lowest BCUT2D eigenvalue weighted by Gasteiger charge is -2.22. The lowest BCUT2D eigenvalue weighted by molar-refractivity contribution is 0.0329. The van der Waals surface area contributed by atoms with Crippen LogP contribution in [0.3, 0.4) is 0 Å². The van der Waals surface area contributed by atoms with Gasteiger partial charge in [0.05, 0.1) is 11.6 Å². The van der Waals surface area contributed by atoms with Crippen molar-refractivity contribution in [2.75, 3.05) is 31.6 Å². The second kappa shape index (κ2) is 7.33. The average molecular weight is 286 g/mol. The summed E-state index contributed by atoms with van der Waals surface area (Å²) in [6.07, 6.45) is 5.29. The summed E-state index contributed by atoms with van der Waals surface area (Å²) in [5.41, 5.74) is 0.973. The minimum Gasteiger partial charge on any atom is -0.378 e. The summed E-state index contributed by atoms with van der Waals surface area (Å²) < 4.78 is 5.90. The largest absolute Gasteiger partial charge is 0.378 e. The number of anilines is 1. The Balaban J connectivity index is 1.44. The molecule has 0 atom stereocenters. The van der Waals surface area contributed by atoms with Crippen LogP contribution in [0.25, 0.3) is 10.9 Å². The van der Waals surface area contributed by atoms with Crippen molar-refractivity contribution in [3.05, 3.63) is 30.6 Å². The van der Waals surface area contributed by atoms with Gasteiger partial charge in [-0.05, 0) is 44.5 Å². The molecule has 5 nitrogen and oxygen atoms in total. The molecule has 0 saturated carbocycles. The van der Waals surface area contributed by atoms with E-state index in [0.29, 0.717) is 6.10 Å². The van der Waals surface area contributed by atoms with Gasteiger partial charge in [0, 0.05) is 18.5 Å². The van der Waals surface area contributed by atoms with Gasteiger partial charge in [-0.1, -0.05) is 12.1 Å². The molecule has 112 valence electrons. The number of rotatable bonds is 6. The maximum absolute atomic E-state index is 5.90. The highest BCUT2D eigenvalue weighted by Crippen LogP contribution is 2.18. The van der Waals surface area contributed by atoms with Crippen LogP contribution in [0.5, 0.6) is 0 Å². The molecule has 0 spiro atoms. The quantitative estimate of drug-likeness (QED) is 0.797. The first-order chi connectivity index (χ1) is 10.4. The van der Waals surface area contributed by atoms with E-state index in [1.54, 1.807) is 6.33 Å². The Bertz CT molecular complexity index is 564. The number of ether oxygens (including phenoxy) is 1. The Hall–Kier alpha value is -1.72. The van der Waals surface area contributed by atoms with E-state index in [4.69, 9.17) is 4.74 Å². The molecule has 21 heavy (non-hydrogen) atoms. The molecule has 5 heteroatoms. The molecule has 1 saturated heterocycles. The van der Waals surface area contributed by atoms with Crippen LogP contribution in [0, 0.1) is 0 Å². The van der Waals surface area contributed by atoms with Crippen LogP contribution in [0.1, 0.15) is 19.3 Å². The van der Waals surface area contributed by atoms with Crippen LogP contribution in [-0.2, 0) is 4.74 Å². The summed E-state index contributed by atoms with van der Waals surface area (Å²) in [5, 5.41) is 7.80. The van der Waals surface area contributed by atoms with E-state index in [-0.39, 0.29) is 0 Å². The van der Waals surface area contributed by atoms with Crippen LogP contribution in [0.4, 0.5) is 5.82 Å². The van der Waals surface area contributed by atoms with Crippen molar-refractivity contribution in [1.29, 1.82) is 0 Å². The van der Waals surface area contributed by atoms with E-state index in [1.165, 1.54) is 0 Å². The fraction of sp³-hybridized carbons (Fsp3) is 0.500. The van der Waals surface area contributed by atoms with E-state index < -0.39 is 0 Å². The van der Waals surface area contributed by atoms with Crippen molar-refractivity contribution in [2.24, 2.45) is 0 Å². The standard InChI is InChI=1S/C16H22N4O/c1-2-5-15-14(4-1)16(20-12-19-15)18-8-3-11-21-13-6-9-17-10-7-13/h1-2,4-5,12-13,17H,3,6-11H2,(H,18,19,20). The molecule has 0 unspecified atom stereocenters. The molecule has 0 bridgehead atoms. The van der Waals surface area contributed by atoms with Gasteiger partial charge < -0.3 is 15.4 Å². The van der Waals surface area contributed by atoms with Gasteiger partial charge in [-0.15, -0.1) is 0 Å². The zero-order chi connectivity index (χ0) is 14.3. The van der Waals surface area contributed by atoms with E-state index in [1.807, 2.05) is 24.3 Å². The Morgan fingerprint density at radius 2 is 2.05 bits per heavy atom.